The van der Waals surface area contributed by atoms with E-state index in [0.29, 0.717) is 6.29 Å². The zero-order valence-corrected chi connectivity index (χ0v) is 8.53. The maximum Gasteiger partial charge on any atom is 0.164 e. The molecule has 1 saturated heterocycles. The number of hydrogen-bond donors (Lipinski definition) is 1. The van der Waals surface area contributed by atoms with Gasteiger partial charge in [0.05, 0.1) is 12.6 Å². The number of aliphatic hydroxyl groups is 1. The Balaban J connectivity index is 2.67. The Morgan fingerprint density at radius 3 is 2.87 bits per heavy atom. The molecular formula is C8H13N3O4. The molecule has 1 fully saturated rings. The number of aldehydes is 1. The second-order valence-corrected chi connectivity index (χ2v) is 3.68. The molecular weight excluding hydrogens is 202 g/mol. The zero-order valence-electron chi connectivity index (χ0n) is 8.53. The summed E-state index contributed by atoms with van der Waals surface area (Å²) in [5.74, 6) is -0.909. The molecule has 1 N–H and O–H groups in total. The molecule has 0 saturated carbocycles. The fraction of sp³-hybridized carbons (Fsp3) is 0.875. The van der Waals surface area contributed by atoms with Gasteiger partial charge in [0.1, 0.15) is 12.2 Å². The second kappa shape index (κ2) is 4.59. The highest BCUT2D eigenvalue weighted by molar-refractivity contribution is 5.58. The lowest BCUT2D eigenvalue weighted by atomic mass is 10.1. The molecule has 0 aromatic heterocycles. The summed E-state index contributed by atoms with van der Waals surface area (Å²) in [5.41, 5.74) is 8.09. The molecule has 0 aromatic rings. The monoisotopic (exact) mass is 215 g/mol. The number of ether oxygens (including phenoxy) is 2. The molecule has 0 aromatic carbocycles. The third-order valence-electron chi connectivity index (χ3n) is 2.01. The first-order valence-electron chi connectivity index (χ1n) is 4.50. The average molecular weight is 215 g/mol. The van der Waals surface area contributed by atoms with Crippen molar-refractivity contribution in [3.63, 3.8) is 0 Å². The lowest BCUT2D eigenvalue weighted by Crippen LogP contribution is -2.38. The number of rotatable bonds is 4. The maximum absolute atomic E-state index is 10.7. The van der Waals surface area contributed by atoms with Crippen LogP contribution in [0.3, 0.4) is 0 Å². The zero-order chi connectivity index (χ0) is 11.5. The minimum Gasteiger partial charge on any atom is -0.390 e. The van der Waals surface area contributed by atoms with Gasteiger partial charge in [-0.05, 0) is 19.4 Å². The van der Waals surface area contributed by atoms with Crippen LogP contribution in [-0.4, -0.2) is 42.0 Å². The van der Waals surface area contributed by atoms with E-state index < -0.39 is 24.1 Å². The Morgan fingerprint density at radius 2 is 2.33 bits per heavy atom. The van der Waals surface area contributed by atoms with Gasteiger partial charge in [-0.15, -0.1) is 0 Å². The predicted molar refractivity (Wildman–Crippen MR) is 49.9 cm³/mol. The standard InChI is InChI=1S/C8H13N3O4/c1-8(2)14-6(4-12)7(15-8)5(13)3-10-11-9/h4-7,13H,3H2,1-2H3/t5-,6-,7+/m0/s1. The van der Waals surface area contributed by atoms with E-state index in [9.17, 15) is 9.90 Å². The van der Waals surface area contributed by atoms with Crippen molar-refractivity contribution in [2.24, 2.45) is 5.11 Å². The summed E-state index contributed by atoms with van der Waals surface area (Å²) >= 11 is 0. The number of azide groups is 1. The molecule has 1 rings (SSSR count). The van der Waals surface area contributed by atoms with Crippen LogP contribution in [-0.2, 0) is 14.3 Å². The summed E-state index contributed by atoms with van der Waals surface area (Å²) in [6.07, 6.45) is -2.09. The molecule has 15 heavy (non-hydrogen) atoms. The van der Waals surface area contributed by atoms with Crippen LogP contribution in [0.2, 0.25) is 0 Å². The summed E-state index contributed by atoms with van der Waals surface area (Å²) in [5, 5.41) is 12.8. The van der Waals surface area contributed by atoms with E-state index in [1.54, 1.807) is 13.8 Å². The van der Waals surface area contributed by atoms with E-state index in [1.165, 1.54) is 0 Å². The molecule has 7 heteroatoms. The number of hydrogen-bond acceptors (Lipinski definition) is 5. The summed E-state index contributed by atoms with van der Waals surface area (Å²) < 4.78 is 10.6. The minimum atomic E-state index is -1.04. The summed E-state index contributed by atoms with van der Waals surface area (Å²) in [6, 6.07) is 0. The summed E-state index contributed by atoms with van der Waals surface area (Å²) in [4.78, 5) is 13.2. The van der Waals surface area contributed by atoms with E-state index in [-0.39, 0.29) is 6.54 Å². The van der Waals surface area contributed by atoms with Gasteiger partial charge in [-0.3, -0.25) is 0 Å². The molecule has 1 aliphatic rings. The number of carbonyl (C=O) groups excluding carboxylic acids is 1. The van der Waals surface area contributed by atoms with E-state index in [4.69, 9.17) is 15.0 Å². The molecule has 0 unspecified atom stereocenters. The first-order valence-corrected chi connectivity index (χ1v) is 4.50. The Hall–Kier alpha value is -1.14. The molecule has 0 radical (unpaired) electrons. The van der Waals surface area contributed by atoms with Crippen molar-refractivity contribution in [2.75, 3.05) is 6.54 Å². The van der Waals surface area contributed by atoms with Gasteiger partial charge in [-0.2, -0.15) is 0 Å². The van der Waals surface area contributed by atoms with Gasteiger partial charge in [0.25, 0.3) is 0 Å². The maximum atomic E-state index is 10.7. The third-order valence-corrected chi connectivity index (χ3v) is 2.01. The Morgan fingerprint density at radius 1 is 1.67 bits per heavy atom. The normalized spacial score (nSPS) is 30.6. The van der Waals surface area contributed by atoms with Crippen molar-refractivity contribution in [3.05, 3.63) is 10.4 Å². The molecule has 0 bridgehead atoms. The van der Waals surface area contributed by atoms with Crippen LogP contribution in [0.4, 0.5) is 0 Å². The molecule has 84 valence electrons. The summed E-state index contributed by atoms with van der Waals surface area (Å²) in [7, 11) is 0. The molecule has 1 aliphatic heterocycles. The molecule has 0 amide bonds. The smallest absolute Gasteiger partial charge is 0.164 e. The van der Waals surface area contributed by atoms with Gasteiger partial charge in [0, 0.05) is 4.91 Å². The van der Waals surface area contributed by atoms with Crippen LogP contribution < -0.4 is 0 Å². The minimum absolute atomic E-state index is 0.148. The highest BCUT2D eigenvalue weighted by atomic mass is 16.8. The highest BCUT2D eigenvalue weighted by Gasteiger charge is 2.44. The van der Waals surface area contributed by atoms with Crippen molar-refractivity contribution in [1.29, 1.82) is 0 Å². The first kappa shape index (κ1) is 11.9. The van der Waals surface area contributed by atoms with E-state index in [2.05, 4.69) is 10.0 Å². The van der Waals surface area contributed by atoms with Crippen LogP contribution in [0.1, 0.15) is 13.8 Å². The number of nitrogens with zero attached hydrogens (tertiary/aromatic N) is 3. The van der Waals surface area contributed by atoms with Crippen LogP contribution in [0.5, 0.6) is 0 Å². The number of carbonyl (C=O) groups is 1. The Labute approximate surface area is 86.6 Å². The van der Waals surface area contributed by atoms with E-state index >= 15 is 0 Å². The fourth-order valence-electron chi connectivity index (χ4n) is 1.44. The van der Waals surface area contributed by atoms with Gasteiger partial charge < -0.3 is 19.4 Å². The molecule has 3 atom stereocenters. The van der Waals surface area contributed by atoms with Gasteiger partial charge in [-0.1, -0.05) is 5.11 Å². The number of aliphatic hydroxyl groups excluding tert-OH is 1. The van der Waals surface area contributed by atoms with Crippen LogP contribution in [0, 0.1) is 0 Å². The molecule has 1 heterocycles. The van der Waals surface area contributed by atoms with Gasteiger partial charge >= 0.3 is 0 Å². The summed E-state index contributed by atoms with van der Waals surface area (Å²) in [6.45, 7) is 3.14. The lowest BCUT2D eigenvalue weighted by molar-refractivity contribution is -0.156. The van der Waals surface area contributed by atoms with Gasteiger partial charge in [0.15, 0.2) is 12.1 Å². The van der Waals surface area contributed by atoms with Crippen molar-refractivity contribution in [2.45, 2.75) is 37.9 Å². The molecule has 0 spiro atoms. The van der Waals surface area contributed by atoms with Crippen molar-refractivity contribution >= 4 is 6.29 Å². The fourth-order valence-corrected chi connectivity index (χ4v) is 1.44. The second-order valence-electron chi connectivity index (χ2n) is 3.68. The predicted octanol–water partition coefficient (Wildman–Crippen LogP) is 0.377. The van der Waals surface area contributed by atoms with Crippen LogP contribution >= 0.6 is 0 Å². The van der Waals surface area contributed by atoms with E-state index in [0.717, 1.165) is 0 Å². The van der Waals surface area contributed by atoms with Gasteiger partial charge in [-0.25, -0.2) is 0 Å². The van der Waals surface area contributed by atoms with E-state index in [1.807, 2.05) is 0 Å². The largest absolute Gasteiger partial charge is 0.390 e. The third kappa shape index (κ3) is 2.90. The lowest BCUT2D eigenvalue weighted by Gasteiger charge is -2.19. The SMILES string of the molecule is CC1(C)O[C@H]([C@@H](O)CN=[N+]=[N-])[C@H](C=O)O1. The Kier molecular flexibility index (Phi) is 3.65. The molecule has 0 aliphatic carbocycles. The van der Waals surface area contributed by atoms with Crippen molar-refractivity contribution in [3.8, 4) is 0 Å². The van der Waals surface area contributed by atoms with Gasteiger partial charge in [0.2, 0.25) is 0 Å². The first-order chi connectivity index (χ1) is 7.00. The Bertz CT molecular complexity index is 288. The topological polar surface area (TPSA) is 105 Å². The quantitative estimate of drug-likeness (QED) is 0.316. The van der Waals surface area contributed by atoms with Crippen LogP contribution in [0.15, 0.2) is 5.11 Å². The van der Waals surface area contributed by atoms with Crippen LogP contribution in [0.25, 0.3) is 10.4 Å². The molecule has 7 nitrogen and oxygen atoms in total. The van der Waals surface area contributed by atoms with Crippen molar-refractivity contribution in [1.82, 2.24) is 0 Å². The average Bonchev–Trinajstić information content (AvgIpc) is 2.50. The highest BCUT2D eigenvalue weighted by Crippen LogP contribution is 2.29. The van der Waals surface area contributed by atoms with Crippen molar-refractivity contribution < 1.29 is 19.4 Å².